The van der Waals surface area contributed by atoms with Crippen LogP contribution in [-0.2, 0) is 0 Å². The van der Waals surface area contributed by atoms with Crippen LogP contribution in [0.3, 0.4) is 0 Å². The molecule has 0 aliphatic heterocycles. The van der Waals surface area contributed by atoms with Crippen molar-refractivity contribution in [2.75, 3.05) is 5.32 Å². The number of benzene rings is 1. The van der Waals surface area contributed by atoms with Crippen LogP contribution in [0.2, 0.25) is 0 Å². The molecule has 0 saturated heterocycles. The fraction of sp³-hybridized carbons (Fsp3) is 0.105. The van der Waals surface area contributed by atoms with Gasteiger partial charge in [-0.25, -0.2) is 4.98 Å². The van der Waals surface area contributed by atoms with Crippen molar-refractivity contribution < 1.29 is 4.42 Å². The number of hydrogen-bond donors (Lipinski definition) is 1. The molecule has 0 radical (unpaired) electrons. The zero-order chi connectivity index (χ0) is 15.8. The minimum absolute atomic E-state index is 0.752. The van der Waals surface area contributed by atoms with Crippen molar-refractivity contribution >= 4 is 17.2 Å². The predicted molar refractivity (Wildman–Crippen MR) is 92.1 cm³/mol. The zero-order valence-electron chi connectivity index (χ0n) is 13.1. The summed E-state index contributed by atoms with van der Waals surface area (Å²) >= 11 is 0. The first-order valence-corrected chi connectivity index (χ1v) is 7.57. The van der Waals surface area contributed by atoms with Crippen molar-refractivity contribution in [3.05, 3.63) is 72.1 Å². The third kappa shape index (κ3) is 2.38. The Balaban J connectivity index is 1.92. The van der Waals surface area contributed by atoms with Gasteiger partial charge in [0.2, 0.25) is 0 Å². The smallest absolute Gasteiger partial charge is 0.156 e. The summed E-state index contributed by atoms with van der Waals surface area (Å²) in [5, 5.41) is 3.51. The third-order valence-electron chi connectivity index (χ3n) is 3.93. The molecule has 0 saturated carbocycles. The Kier molecular flexibility index (Phi) is 3.15. The van der Waals surface area contributed by atoms with Crippen molar-refractivity contribution in [1.82, 2.24) is 9.38 Å². The Morgan fingerprint density at radius 2 is 1.91 bits per heavy atom. The number of aryl methyl sites for hydroxylation is 2. The van der Waals surface area contributed by atoms with Crippen molar-refractivity contribution in [3.63, 3.8) is 0 Å². The molecule has 3 heterocycles. The minimum Gasteiger partial charge on any atom is -0.463 e. The van der Waals surface area contributed by atoms with Crippen molar-refractivity contribution in [2.24, 2.45) is 0 Å². The summed E-state index contributed by atoms with van der Waals surface area (Å²) in [6.07, 6.45) is 3.70. The average Bonchev–Trinajstić information content (AvgIpc) is 3.17. The van der Waals surface area contributed by atoms with E-state index in [0.29, 0.717) is 0 Å². The van der Waals surface area contributed by atoms with Gasteiger partial charge in [-0.1, -0.05) is 18.2 Å². The summed E-state index contributed by atoms with van der Waals surface area (Å²) in [4.78, 5) is 4.75. The Hall–Kier alpha value is -3.01. The molecule has 4 nitrogen and oxygen atoms in total. The van der Waals surface area contributed by atoms with Gasteiger partial charge in [0.1, 0.15) is 17.2 Å². The molecule has 4 aromatic rings. The number of imidazole rings is 1. The lowest BCUT2D eigenvalue weighted by molar-refractivity contribution is 0.581. The second-order valence-electron chi connectivity index (χ2n) is 5.66. The number of hydrogen-bond acceptors (Lipinski definition) is 3. The first-order valence-electron chi connectivity index (χ1n) is 7.57. The lowest BCUT2D eigenvalue weighted by Crippen LogP contribution is -1.98. The lowest BCUT2D eigenvalue weighted by atomic mass is 10.2. The number of anilines is 2. The Morgan fingerprint density at radius 1 is 1.04 bits per heavy atom. The molecule has 4 rings (SSSR count). The monoisotopic (exact) mass is 303 g/mol. The molecule has 23 heavy (non-hydrogen) atoms. The number of nitrogens with zero attached hydrogens (tertiary/aromatic N) is 2. The van der Waals surface area contributed by atoms with Gasteiger partial charge < -0.3 is 9.73 Å². The topological polar surface area (TPSA) is 42.5 Å². The summed E-state index contributed by atoms with van der Waals surface area (Å²) in [5.41, 5.74) is 5.12. The maximum atomic E-state index is 5.57. The molecular formula is C19H17N3O. The molecule has 4 heteroatoms. The van der Waals surface area contributed by atoms with E-state index in [0.717, 1.165) is 28.6 Å². The Morgan fingerprint density at radius 3 is 2.70 bits per heavy atom. The van der Waals surface area contributed by atoms with Crippen LogP contribution in [-0.4, -0.2) is 9.38 Å². The van der Waals surface area contributed by atoms with E-state index in [-0.39, 0.29) is 0 Å². The molecule has 1 N–H and O–H groups in total. The van der Waals surface area contributed by atoms with Gasteiger partial charge in [-0.3, -0.25) is 4.40 Å². The second-order valence-corrected chi connectivity index (χ2v) is 5.66. The molecule has 3 aromatic heterocycles. The van der Waals surface area contributed by atoms with Crippen LogP contribution in [0.1, 0.15) is 11.1 Å². The van der Waals surface area contributed by atoms with Crippen molar-refractivity contribution in [3.8, 4) is 11.5 Å². The largest absolute Gasteiger partial charge is 0.463 e. The number of pyridine rings is 1. The molecule has 0 unspecified atom stereocenters. The van der Waals surface area contributed by atoms with Crippen LogP contribution < -0.4 is 5.32 Å². The normalized spacial score (nSPS) is 11.0. The van der Waals surface area contributed by atoms with Crippen LogP contribution in [0, 0.1) is 13.8 Å². The van der Waals surface area contributed by atoms with Gasteiger partial charge in [-0.15, -0.1) is 0 Å². The SMILES string of the molecule is Cc1ccn2c(Nc3ccccc3C)c(-c3ccco3)nc2c1. The maximum absolute atomic E-state index is 5.57. The third-order valence-corrected chi connectivity index (χ3v) is 3.93. The van der Waals surface area contributed by atoms with E-state index in [1.807, 2.05) is 30.5 Å². The molecule has 0 atom stereocenters. The van der Waals surface area contributed by atoms with Gasteiger partial charge in [0.25, 0.3) is 0 Å². The number of para-hydroxylation sites is 1. The van der Waals surface area contributed by atoms with E-state index in [2.05, 4.69) is 47.8 Å². The van der Waals surface area contributed by atoms with E-state index in [9.17, 15) is 0 Å². The number of rotatable bonds is 3. The van der Waals surface area contributed by atoms with E-state index in [1.165, 1.54) is 11.1 Å². The van der Waals surface area contributed by atoms with Gasteiger partial charge in [0.05, 0.1) is 6.26 Å². The van der Waals surface area contributed by atoms with Gasteiger partial charge in [0, 0.05) is 11.9 Å². The minimum atomic E-state index is 0.752. The molecule has 0 aliphatic carbocycles. The second kappa shape index (κ2) is 5.32. The Labute approximate surface area is 134 Å². The molecule has 114 valence electrons. The van der Waals surface area contributed by atoms with Crippen LogP contribution in [0.4, 0.5) is 11.5 Å². The number of nitrogens with one attached hydrogen (secondary N) is 1. The molecular weight excluding hydrogens is 286 g/mol. The summed E-state index contributed by atoms with van der Waals surface area (Å²) in [6.45, 7) is 4.15. The van der Waals surface area contributed by atoms with Crippen LogP contribution in [0.5, 0.6) is 0 Å². The fourth-order valence-electron chi connectivity index (χ4n) is 2.69. The summed E-state index contributed by atoms with van der Waals surface area (Å²) in [5.74, 6) is 1.66. The summed E-state index contributed by atoms with van der Waals surface area (Å²) < 4.78 is 7.62. The number of furan rings is 1. The average molecular weight is 303 g/mol. The van der Waals surface area contributed by atoms with Crippen molar-refractivity contribution in [2.45, 2.75) is 13.8 Å². The maximum Gasteiger partial charge on any atom is 0.156 e. The van der Waals surface area contributed by atoms with E-state index < -0.39 is 0 Å². The van der Waals surface area contributed by atoms with E-state index >= 15 is 0 Å². The first-order chi connectivity index (χ1) is 11.2. The molecule has 0 bridgehead atoms. The van der Waals surface area contributed by atoms with Gasteiger partial charge in [-0.2, -0.15) is 0 Å². The van der Waals surface area contributed by atoms with E-state index in [4.69, 9.17) is 9.40 Å². The highest BCUT2D eigenvalue weighted by molar-refractivity contribution is 5.78. The fourth-order valence-corrected chi connectivity index (χ4v) is 2.69. The van der Waals surface area contributed by atoms with Crippen molar-refractivity contribution in [1.29, 1.82) is 0 Å². The number of fused-ring (bicyclic) bond motifs is 1. The predicted octanol–water partition coefficient (Wildman–Crippen LogP) is 4.95. The van der Waals surface area contributed by atoms with E-state index in [1.54, 1.807) is 6.26 Å². The number of aromatic nitrogens is 2. The van der Waals surface area contributed by atoms with Crippen LogP contribution >= 0.6 is 0 Å². The first kappa shape index (κ1) is 13.6. The summed E-state index contributed by atoms with van der Waals surface area (Å²) in [7, 11) is 0. The van der Waals surface area contributed by atoms with Gasteiger partial charge in [-0.05, 0) is 55.3 Å². The lowest BCUT2D eigenvalue weighted by Gasteiger charge is -2.10. The molecule has 0 spiro atoms. The molecule has 1 aromatic carbocycles. The standard InChI is InChI=1S/C19H17N3O/c1-13-9-10-22-17(12-13)21-18(16-8-5-11-23-16)19(22)20-15-7-4-3-6-14(15)2/h3-12,20H,1-2H3. The molecule has 0 amide bonds. The Bertz CT molecular complexity index is 968. The molecule has 0 fully saturated rings. The highest BCUT2D eigenvalue weighted by Gasteiger charge is 2.17. The zero-order valence-corrected chi connectivity index (χ0v) is 13.1. The van der Waals surface area contributed by atoms with Crippen LogP contribution in [0.15, 0.2) is 65.4 Å². The highest BCUT2D eigenvalue weighted by Crippen LogP contribution is 2.32. The quantitative estimate of drug-likeness (QED) is 0.582. The molecule has 0 aliphatic rings. The van der Waals surface area contributed by atoms with Crippen LogP contribution in [0.25, 0.3) is 17.1 Å². The van der Waals surface area contributed by atoms with Gasteiger partial charge in [0.15, 0.2) is 5.76 Å². The highest BCUT2D eigenvalue weighted by atomic mass is 16.3. The summed E-state index contributed by atoms with van der Waals surface area (Å²) in [6, 6.07) is 16.1. The van der Waals surface area contributed by atoms with Gasteiger partial charge >= 0.3 is 0 Å².